The average molecular weight is 1830 g/mol. The Morgan fingerprint density at radius 2 is 0.669 bits per heavy atom. The van der Waals surface area contributed by atoms with Crippen molar-refractivity contribution < 1.29 is 126 Å². The summed E-state index contributed by atoms with van der Waals surface area (Å²) in [6.45, 7) is 67.7. The number of ketones is 1. The molecule has 0 aromatic heterocycles. The van der Waals surface area contributed by atoms with Crippen LogP contribution in [0.5, 0.6) is 0 Å². The van der Waals surface area contributed by atoms with Crippen LogP contribution < -0.4 is 10.6 Å². The Morgan fingerprint density at radius 1 is 0.402 bits per heavy atom. The number of aliphatic carboxylic acids is 1. The SMILES string of the molecule is C.C.C.C1CCOC1.C1CCOC1.C1CCOC1.CC(C)(C)OC(=O)N1CC(=O)C1.CC(C)(C)OC(=O)N1CC(O)(CC(=O)O)C1.CCN(CC)C(=O)CC1(O)CN(C(=O)OC(C)(C)C)C1.CCN(CC)CCC1(O)CN(C(=O)OC(C)(C)C)C1.CCN(CC)CCC1(O)CNC1.CCNCC.CCOC(=O)CC1(O)CN(C(=O)OC(C)(C)C)C1.CCOC(C)=O.[B]. The fourth-order valence-electron chi connectivity index (χ4n) is 11.9. The normalized spacial score (nSPS) is 17.6. The second-order valence-electron chi connectivity index (χ2n) is 36.6. The number of ether oxygens (including phenoxy) is 10. The van der Waals surface area contributed by atoms with Gasteiger partial charge in [-0.2, -0.15) is 0 Å². The number of nitrogens with zero attached hydrogens (tertiary/aromatic N) is 8. The molecule has 0 saturated carbocycles. The average Bonchev–Trinajstić information content (AvgIpc) is 1.32. The first kappa shape index (κ1) is 131. The van der Waals surface area contributed by atoms with Crippen molar-refractivity contribution in [2.45, 2.75) is 329 Å². The van der Waals surface area contributed by atoms with Crippen LogP contribution in [-0.2, 0) is 71.3 Å². The van der Waals surface area contributed by atoms with Crippen molar-refractivity contribution in [2.24, 2.45) is 0 Å². The van der Waals surface area contributed by atoms with E-state index in [2.05, 4.69) is 66.7 Å². The summed E-state index contributed by atoms with van der Waals surface area (Å²) in [4.78, 5) is 125. The van der Waals surface area contributed by atoms with Crippen LogP contribution in [0, 0.1) is 0 Å². The van der Waals surface area contributed by atoms with Crippen LogP contribution in [0.3, 0.4) is 0 Å². The van der Waals surface area contributed by atoms with Crippen LogP contribution in [-0.4, -0.2) is 391 Å². The number of carboxylic acid groups (broad SMARTS) is 1. The van der Waals surface area contributed by atoms with Crippen molar-refractivity contribution in [3.8, 4) is 0 Å². The minimum Gasteiger partial charge on any atom is -0.481 e. The molecule has 127 heavy (non-hydrogen) atoms. The van der Waals surface area contributed by atoms with Crippen molar-refractivity contribution in [3.63, 3.8) is 0 Å². The molecule has 6 amide bonds. The molecule has 9 aliphatic heterocycles. The highest BCUT2D eigenvalue weighted by Gasteiger charge is 2.50. The molecule has 9 heterocycles. The predicted molar refractivity (Wildman–Crippen MR) is 495 cm³/mol. The van der Waals surface area contributed by atoms with Crippen molar-refractivity contribution in [1.82, 2.24) is 49.8 Å². The fourth-order valence-corrected chi connectivity index (χ4v) is 11.9. The minimum absolute atomic E-state index is 0. The number of aliphatic hydroxyl groups is 5. The first-order chi connectivity index (χ1) is 56.8. The molecule has 3 radical (unpaired) electrons. The van der Waals surface area contributed by atoms with Crippen LogP contribution in [0.2, 0.25) is 0 Å². The summed E-state index contributed by atoms with van der Waals surface area (Å²) in [5, 5.41) is 64.7. The molecule has 0 atom stereocenters. The molecule has 0 spiro atoms. The van der Waals surface area contributed by atoms with E-state index in [1.807, 2.05) is 34.6 Å². The Bertz CT molecular complexity index is 2940. The Balaban J connectivity index is -0.000000326. The Labute approximate surface area is 766 Å². The number of β-amino-alcohol motifs (C(OH)–C–C–N with tert-alkyl or cyclic N) is 5. The van der Waals surface area contributed by atoms with Gasteiger partial charge in [0.05, 0.1) is 104 Å². The molecule has 9 aliphatic rings. The lowest BCUT2D eigenvalue weighted by Gasteiger charge is -2.47. The zero-order valence-electron chi connectivity index (χ0n) is 81.0. The standard InChI is InChI=1S/C14H26N2O4.C14H28N2O3.C12H21NO5.C10H17NO5.C9H20N2O.C8H13NO3.C4H11N.C4H8O2.3C4H8O.3CH4.B/c1-6-15(7-2)11(17)8-14(19)9-16(10-14)12(18)20-13(3,4)5;1-6-15(7-2)9-8-14(18)10-16(11-14)12(17)19-13(3,4)5;1-5-17-9(14)6-12(16)7-13(8-12)10(15)18-11(2,3)4;1-9(2,3)16-8(14)11-5-10(15,6-11)4-7(12)13;1-3-11(4-2)6-5-9(12)7-10-8-9;1-8(2,3)12-7(11)9-4-6(10)5-9;1-3-5-4-2;1-3-6-4(2)5;3*1-2-4-5-3-1;;;;/h19H,6-10H2,1-5H3;18H,6-11H2,1-5H3;16H,5-8H2,1-4H3;15H,4-6H2,1-3H3,(H,12,13);10,12H,3-8H2,1-2H3;4-5H2,1-3H3;5H,3-4H2,1-2H3;3H2,1-2H3;3*1-4H2;3*1H4;. The van der Waals surface area contributed by atoms with E-state index in [9.17, 15) is 73.5 Å². The maximum atomic E-state index is 12.0. The zero-order chi connectivity index (χ0) is 94.9. The first-order valence-electron chi connectivity index (χ1n) is 44.2. The molecule has 8 N–H and O–H groups in total. The second kappa shape index (κ2) is 65.1. The summed E-state index contributed by atoms with van der Waals surface area (Å²) in [6, 6.07) is 0. The molecule has 0 aromatic carbocycles. The number of hydrogen-bond acceptors (Lipinski definition) is 29. The number of esters is 2. The maximum absolute atomic E-state index is 12.0. The third-order valence-corrected chi connectivity index (χ3v) is 18.5. The fraction of sp³-hybridized carbons (Fsp3) is 0.889. The topological polar surface area (TPSA) is 434 Å². The molecule has 9 saturated heterocycles. The summed E-state index contributed by atoms with van der Waals surface area (Å²) in [5.41, 5.74) is -7.39. The Morgan fingerprint density at radius 3 is 0.866 bits per heavy atom. The molecular formula is C90H180BN10O26. The number of Topliss-reactive ketones (excluding diaryl/α,β-unsaturated/α-hetero) is 1. The van der Waals surface area contributed by atoms with E-state index in [1.54, 1.807) is 107 Å². The molecule has 9 rings (SSSR count). The Hall–Kier alpha value is -6.52. The highest BCUT2D eigenvalue weighted by Crippen LogP contribution is 2.31. The summed E-state index contributed by atoms with van der Waals surface area (Å²) < 4.78 is 49.7. The van der Waals surface area contributed by atoms with Crippen LogP contribution >= 0.6 is 0 Å². The maximum Gasteiger partial charge on any atom is 0.411 e. The number of nitrogens with one attached hydrogen (secondary N) is 2. The molecule has 9 fully saturated rings. The lowest BCUT2D eigenvalue weighted by Crippen LogP contribution is -2.65. The highest BCUT2D eigenvalue weighted by molar-refractivity contribution is 5.94. The van der Waals surface area contributed by atoms with Gasteiger partial charge in [0.25, 0.3) is 0 Å². The van der Waals surface area contributed by atoms with Gasteiger partial charge in [-0.25, -0.2) is 24.0 Å². The van der Waals surface area contributed by atoms with E-state index in [0.717, 1.165) is 112 Å². The quantitative estimate of drug-likeness (QED) is 0.0284. The van der Waals surface area contributed by atoms with Gasteiger partial charge in [0.15, 0.2) is 5.78 Å². The van der Waals surface area contributed by atoms with Crippen molar-refractivity contribution in [3.05, 3.63) is 0 Å². The number of carbonyl (C=O) groups is 10. The highest BCUT2D eigenvalue weighted by atomic mass is 16.6. The van der Waals surface area contributed by atoms with Crippen molar-refractivity contribution >= 4 is 68.5 Å². The number of hydrogen-bond donors (Lipinski definition) is 8. The van der Waals surface area contributed by atoms with Crippen LogP contribution in [0.15, 0.2) is 0 Å². The van der Waals surface area contributed by atoms with E-state index in [1.165, 1.54) is 65.0 Å². The molecule has 749 valence electrons. The summed E-state index contributed by atoms with van der Waals surface area (Å²) in [5.74, 6) is -1.74. The van der Waals surface area contributed by atoms with E-state index < -0.39 is 92.3 Å². The van der Waals surface area contributed by atoms with Crippen molar-refractivity contribution in [1.29, 1.82) is 0 Å². The summed E-state index contributed by atoms with van der Waals surface area (Å²) in [7, 11) is 0. The lowest BCUT2D eigenvalue weighted by molar-refractivity contribution is -0.158. The molecule has 36 nitrogen and oxygen atoms in total. The lowest BCUT2D eigenvalue weighted by atomic mass is 9.90. The minimum atomic E-state index is -1.30. The van der Waals surface area contributed by atoms with E-state index in [4.69, 9.17) is 47.7 Å². The summed E-state index contributed by atoms with van der Waals surface area (Å²) in [6.07, 6.45) is 6.69. The molecular weight excluding hydrogens is 1650 g/mol. The van der Waals surface area contributed by atoms with Crippen LogP contribution in [0.1, 0.15) is 273 Å². The van der Waals surface area contributed by atoms with Gasteiger partial charge in [0.2, 0.25) is 5.91 Å². The number of likely N-dealkylation sites (tertiary alicyclic amines) is 5. The number of carboxylic acids is 1. The largest absolute Gasteiger partial charge is 0.481 e. The third-order valence-electron chi connectivity index (χ3n) is 18.5. The van der Waals surface area contributed by atoms with Gasteiger partial charge in [-0.15, -0.1) is 0 Å². The first-order valence-corrected chi connectivity index (χ1v) is 44.2. The van der Waals surface area contributed by atoms with E-state index in [0.29, 0.717) is 39.2 Å². The monoisotopic (exact) mass is 1830 g/mol. The second-order valence-corrected chi connectivity index (χ2v) is 36.6. The van der Waals surface area contributed by atoms with E-state index >= 15 is 0 Å². The van der Waals surface area contributed by atoms with Gasteiger partial charge < -0.3 is 123 Å². The van der Waals surface area contributed by atoms with Gasteiger partial charge in [-0.3, -0.25) is 28.9 Å². The molecule has 0 bridgehead atoms. The Kier molecular flexibility index (Phi) is 67.3. The van der Waals surface area contributed by atoms with E-state index in [-0.39, 0.29) is 133 Å². The smallest absolute Gasteiger partial charge is 0.411 e. The van der Waals surface area contributed by atoms with Crippen molar-refractivity contribution in [2.75, 3.05) is 197 Å². The molecule has 37 heteroatoms. The zero-order valence-corrected chi connectivity index (χ0v) is 81.0. The number of carbonyl (C=O) groups excluding carboxylic acids is 9. The molecule has 0 aromatic rings. The number of rotatable bonds is 22. The van der Waals surface area contributed by atoms with Gasteiger partial charge in [0, 0.05) is 94.2 Å². The van der Waals surface area contributed by atoms with Crippen LogP contribution in [0.25, 0.3) is 0 Å². The predicted octanol–water partition coefficient (Wildman–Crippen LogP) is 10.3. The molecule has 0 unspecified atom stereocenters. The van der Waals surface area contributed by atoms with Gasteiger partial charge in [-0.1, -0.05) is 63.8 Å². The summed E-state index contributed by atoms with van der Waals surface area (Å²) >= 11 is 0. The number of amides is 6. The van der Waals surface area contributed by atoms with Gasteiger partial charge in [-0.05, 0) is 222 Å². The third kappa shape index (κ3) is 64.0. The van der Waals surface area contributed by atoms with Gasteiger partial charge in [0.1, 0.15) is 50.4 Å². The van der Waals surface area contributed by atoms with Gasteiger partial charge >= 0.3 is 48.4 Å². The molecule has 0 aliphatic carbocycles. The van der Waals surface area contributed by atoms with Crippen LogP contribution in [0.4, 0.5) is 24.0 Å².